The second-order valence-corrected chi connectivity index (χ2v) is 7.74. The Morgan fingerprint density at radius 3 is 2.77 bits per heavy atom. The molecule has 1 aliphatic carbocycles. The average Bonchev–Trinajstić information content (AvgIpc) is 2.93. The number of hydrogen-bond donors (Lipinski definition) is 3. The maximum absolute atomic E-state index is 10.4. The Kier molecular flexibility index (Phi) is 12.9. The fourth-order valence-corrected chi connectivity index (χ4v) is 3.67. The van der Waals surface area contributed by atoms with Gasteiger partial charge >= 0.3 is 29.6 Å². The number of aliphatic hydroxyl groups excluding tert-OH is 3. The van der Waals surface area contributed by atoms with Crippen LogP contribution >= 0.6 is 11.6 Å². The van der Waals surface area contributed by atoms with E-state index < -0.39 is 24.3 Å². The standard InChI is InChI=1S/C22H29ClO6.Na/c23-15-6-5-7-17(12-15)29-14-16(24)10-11-19-18(20(25)13-21(19)26)8-3-1-2-4-9-22(27)28;/h1,3,5-7,10-12,16,18-21,24-26H,2,4,8-9,13-14H2,(H,27,28);/q;+1/p-1/b3-1+,11-10+;/t16-,18+,19+,20-,21+;/m0./s1. The van der Waals surface area contributed by atoms with Crippen LogP contribution in [-0.2, 0) is 4.79 Å². The van der Waals surface area contributed by atoms with Gasteiger partial charge in [0.25, 0.3) is 0 Å². The van der Waals surface area contributed by atoms with Crippen LogP contribution in [0, 0.1) is 11.8 Å². The number of hydrogen-bond acceptors (Lipinski definition) is 6. The topological polar surface area (TPSA) is 110 Å². The summed E-state index contributed by atoms with van der Waals surface area (Å²) < 4.78 is 5.50. The third kappa shape index (κ3) is 9.52. The zero-order chi connectivity index (χ0) is 21.2. The van der Waals surface area contributed by atoms with Crippen molar-refractivity contribution in [2.45, 2.75) is 50.4 Å². The van der Waals surface area contributed by atoms with Crippen LogP contribution < -0.4 is 39.4 Å². The van der Waals surface area contributed by atoms with Crippen LogP contribution in [0.3, 0.4) is 0 Å². The van der Waals surface area contributed by atoms with E-state index >= 15 is 0 Å². The molecule has 0 amide bonds. The summed E-state index contributed by atoms with van der Waals surface area (Å²) in [5.41, 5.74) is 0. The molecule has 1 aromatic rings. The third-order valence-electron chi connectivity index (χ3n) is 5.01. The summed E-state index contributed by atoms with van der Waals surface area (Å²) in [6.45, 7) is 0.0468. The van der Waals surface area contributed by atoms with Gasteiger partial charge in [0.2, 0.25) is 0 Å². The number of carbonyl (C=O) groups excluding carboxylic acids is 1. The summed E-state index contributed by atoms with van der Waals surface area (Å²) in [4.78, 5) is 10.4. The van der Waals surface area contributed by atoms with Crippen molar-refractivity contribution >= 4 is 17.6 Å². The molecule has 0 unspecified atom stereocenters. The fourth-order valence-electron chi connectivity index (χ4n) is 3.49. The number of rotatable bonds is 11. The number of unbranched alkanes of at least 4 members (excludes halogenated alkanes) is 1. The maximum Gasteiger partial charge on any atom is 1.00 e. The molecule has 2 rings (SSSR count). The van der Waals surface area contributed by atoms with Crippen LogP contribution in [0.4, 0.5) is 0 Å². The monoisotopic (exact) mass is 446 g/mol. The molecule has 0 bridgehead atoms. The summed E-state index contributed by atoms with van der Waals surface area (Å²) in [7, 11) is 0. The number of aliphatic hydroxyl groups is 3. The quantitative estimate of drug-likeness (QED) is 0.225. The zero-order valence-electron chi connectivity index (χ0n) is 17.2. The molecule has 0 saturated heterocycles. The molecular weight excluding hydrogens is 419 g/mol. The van der Waals surface area contributed by atoms with Gasteiger partial charge < -0.3 is 30.0 Å². The molecule has 6 nitrogen and oxygen atoms in total. The van der Waals surface area contributed by atoms with Gasteiger partial charge in [0.15, 0.2) is 0 Å². The Morgan fingerprint density at radius 1 is 1.30 bits per heavy atom. The van der Waals surface area contributed by atoms with Crippen LogP contribution in [0.25, 0.3) is 0 Å². The molecule has 1 aromatic carbocycles. The predicted molar refractivity (Wildman–Crippen MR) is 108 cm³/mol. The molecule has 5 atom stereocenters. The van der Waals surface area contributed by atoms with Crippen LogP contribution in [0.15, 0.2) is 48.6 Å². The van der Waals surface area contributed by atoms with Crippen molar-refractivity contribution in [2.24, 2.45) is 11.8 Å². The van der Waals surface area contributed by atoms with Gasteiger partial charge in [0.05, 0.1) is 12.2 Å². The molecule has 160 valence electrons. The van der Waals surface area contributed by atoms with E-state index in [9.17, 15) is 25.2 Å². The van der Waals surface area contributed by atoms with Gasteiger partial charge in [0.1, 0.15) is 18.5 Å². The van der Waals surface area contributed by atoms with Crippen molar-refractivity contribution < 1.29 is 59.5 Å². The van der Waals surface area contributed by atoms with Crippen molar-refractivity contribution in [3.05, 3.63) is 53.6 Å². The first-order chi connectivity index (χ1) is 13.9. The summed E-state index contributed by atoms with van der Waals surface area (Å²) >= 11 is 5.89. The van der Waals surface area contributed by atoms with E-state index in [1.807, 2.05) is 12.2 Å². The van der Waals surface area contributed by atoms with E-state index in [0.717, 1.165) is 0 Å². The number of carbonyl (C=O) groups is 1. The van der Waals surface area contributed by atoms with Gasteiger partial charge in [-0.2, -0.15) is 0 Å². The van der Waals surface area contributed by atoms with Crippen LogP contribution in [0.5, 0.6) is 5.75 Å². The van der Waals surface area contributed by atoms with E-state index in [0.29, 0.717) is 30.0 Å². The van der Waals surface area contributed by atoms with Crippen LogP contribution in [0.2, 0.25) is 5.02 Å². The SMILES string of the molecule is O=C([O-])CCC/C=C/C[C@@H]1[C@@H](/C=C/[C@H](O)COc2cccc(Cl)c2)[C@H](O)C[C@@H]1O.[Na+]. The molecule has 1 saturated carbocycles. The minimum absolute atomic E-state index is 0. The molecule has 8 heteroatoms. The van der Waals surface area contributed by atoms with E-state index in [4.69, 9.17) is 16.3 Å². The Bertz CT molecular complexity index is 711. The number of allylic oxidation sites excluding steroid dienone is 2. The second kappa shape index (κ2) is 14.2. The summed E-state index contributed by atoms with van der Waals surface area (Å²) in [6.07, 6.45) is 6.93. The smallest absolute Gasteiger partial charge is 0.550 e. The first-order valence-corrected chi connectivity index (χ1v) is 10.2. The van der Waals surface area contributed by atoms with Crippen molar-refractivity contribution in [1.82, 2.24) is 0 Å². The van der Waals surface area contributed by atoms with E-state index in [-0.39, 0.29) is 60.8 Å². The van der Waals surface area contributed by atoms with E-state index in [2.05, 4.69) is 0 Å². The Balaban J connectivity index is 0.00000450. The maximum atomic E-state index is 10.4. The Morgan fingerprint density at radius 2 is 2.07 bits per heavy atom. The average molecular weight is 447 g/mol. The predicted octanol–water partition coefficient (Wildman–Crippen LogP) is -1.14. The molecule has 0 spiro atoms. The molecule has 30 heavy (non-hydrogen) atoms. The minimum Gasteiger partial charge on any atom is -0.550 e. The largest absolute Gasteiger partial charge is 1.00 e. The minimum atomic E-state index is -1.06. The summed E-state index contributed by atoms with van der Waals surface area (Å²) in [5.74, 6) is -0.947. The van der Waals surface area contributed by atoms with Crippen molar-refractivity contribution in [3.8, 4) is 5.75 Å². The van der Waals surface area contributed by atoms with E-state index in [1.54, 1.807) is 36.4 Å². The fraction of sp³-hybridized carbons (Fsp3) is 0.500. The van der Waals surface area contributed by atoms with Gasteiger partial charge in [-0.05, 0) is 49.8 Å². The first-order valence-electron chi connectivity index (χ1n) is 9.82. The number of carboxylic acid groups (broad SMARTS) is 1. The molecule has 3 N–H and O–H groups in total. The van der Waals surface area contributed by atoms with Gasteiger partial charge in [-0.1, -0.05) is 42.0 Å². The molecule has 0 heterocycles. The van der Waals surface area contributed by atoms with Crippen molar-refractivity contribution in [3.63, 3.8) is 0 Å². The Hall–Kier alpha value is -0.860. The molecule has 0 radical (unpaired) electrons. The van der Waals surface area contributed by atoms with Crippen molar-refractivity contribution in [1.29, 1.82) is 0 Å². The number of aliphatic carboxylic acids is 1. The number of halogens is 1. The zero-order valence-corrected chi connectivity index (χ0v) is 19.9. The first kappa shape index (κ1) is 27.2. The Labute approximate surface area is 204 Å². The molecule has 1 aliphatic rings. The van der Waals surface area contributed by atoms with Gasteiger partial charge in [0, 0.05) is 23.3 Å². The molecular formula is C22H28ClNaO6. The molecule has 0 aromatic heterocycles. The number of ether oxygens (including phenoxy) is 1. The molecule has 1 fully saturated rings. The number of benzene rings is 1. The van der Waals surface area contributed by atoms with Gasteiger partial charge in [-0.25, -0.2) is 0 Å². The number of carboxylic acids is 1. The van der Waals surface area contributed by atoms with E-state index in [1.165, 1.54) is 0 Å². The van der Waals surface area contributed by atoms with Crippen molar-refractivity contribution in [2.75, 3.05) is 6.61 Å². The summed E-state index contributed by atoms with van der Waals surface area (Å²) in [5, 5.41) is 41.6. The normalized spacial score (nSPS) is 24.8. The van der Waals surface area contributed by atoms with Gasteiger partial charge in [-0.15, -0.1) is 0 Å². The van der Waals surface area contributed by atoms with Crippen LogP contribution in [0.1, 0.15) is 32.1 Å². The molecule has 0 aliphatic heterocycles. The third-order valence-corrected chi connectivity index (χ3v) is 5.25. The van der Waals surface area contributed by atoms with Gasteiger partial charge in [-0.3, -0.25) is 0 Å². The summed E-state index contributed by atoms with van der Waals surface area (Å²) in [6, 6.07) is 6.89. The second-order valence-electron chi connectivity index (χ2n) is 7.30. The van der Waals surface area contributed by atoms with Crippen LogP contribution in [-0.4, -0.2) is 46.2 Å².